The van der Waals surface area contributed by atoms with E-state index in [1.807, 2.05) is 37.3 Å². The van der Waals surface area contributed by atoms with Gasteiger partial charge < -0.3 is 4.90 Å². The third kappa shape index (κ3) is 3.22. The normalized spacial score (nSPS) is 14.0. The van der Waals surface area contributed by atoms with Crippen molar-refractivity contribution in [3.05, 3.63) is 65.2 Å². The average Bonchev–Trinajstić information content (AvgIpc) is 2.91. The minimum atomic E-state index is -0.171. The topological polar surface area (TPSA) is 51.0 Å². The Balaban J connectivity index is 1.69. The number of hydrogen-bond acceptors (Lipinski definition) is 4. The number of aromatic nitrogens is 3. The van der Waals surface area contributed by atoms with E-state index in [9.17, 15) is 4.79 Å². The lowest BCUT2D eigenvalue weighted by atomic mass is 10.2. The quantitative estimate of drug-likeness (QED) is 0.658. The number of nitrogens with zero attached hydrogens (tertiary/aromatic N) is 4. The molecule has 5 nitrogen and oxygen atoms in total. The van der Waals surface area contributed by atoms with Crippen LogP contribution in [0.3, 0.4) is 0 Å². The van der Waals surface area contributed by atoms with Gasteiger partial charge >= 0.3 is 0 Å². The van der Waals surface area contributed by atoms with Crippen molar-refractivity contribution in [2.45, 2.75) is 18.2 Å². The van der Waals surface area contributed by atoms with Crippen molar-refractivity contribution in [2.24, 2.45) is 0 Å². The van der Waals surface area contributed by atoms with Gasteiger partial charge in [0.2, 0.25) is 5.82 Å². The SMILES string of the molecule is Cc1nc(C(=O)N2CCCSc3ccccc32)nn1-c1ccc(Cl)cc1. The Bertz CT molecular complexity index is 954. The first kappa shape index (κ1) is 17.1. The largest absolute Gasteiger partial charge is 0.304 e. The summed E-state index contributed by atoms with van der Waals surface area (Å²) in [6.45, 7) is 2.50. The van der Waals surface area contributed by atoms with Crippen molar-refractivity contribution in [2.75, 3.05) is 17.2 Å². The number of benzene rings is 2. The molecule has 0 N–H and O–H groups in total. The molecule has 0 atom stereocenters. The van der Waals surface area contributed by atoms with E-state index in [0.29, 0.717) is 17.4 Å². The molecule has 0 bridgehead atoms. The maximum atomic E-state index is 13.1. The summed E-state index contributed by atoms with van der Waals surface area (Å²) in [5.41, 5.74) is 1.76. The highest BCUT2D eigenvalue weighted by molar-refractivity contribution is 7.99. The Morgan fingerprint density at radius 2 is 1.92 bits per heavy atom. The molecule has 0 saturated carbocycles. The van der Waals surface area contributed by atoms with Gasteiger partial charge in [0.15, 0.2) is 0 Å². The molecule has 0 fully saturated rings. The van der Waals surface area contributed by atoms with Crippen molar-refractivity contribution in [1.82, 2.24) is 14.8 Å². The second kappa shape index (κ2) is 7.13. The fourth-order valence-corrected chi connectivity index (χ4v) is 4.09. The van der Waals surface area contributed by atoms with Gasteiger partial charge in [-0.15, -0.1) is 16.9 Å². The second-order valence-corrected chi connectivity index (χ2v) is 7.57. The Kier molecular flexibility index (Phi) is 4.70. The number of carbonyl (C=O) groups excluding carboxylic acids is 1. The van der Waals surface area contributed by atoms with Gasteiger partial charge in [-0.25, -0.2) is 9.67 Å². The zero-order valence-electron chi connectivity index (χ0n) is 14.2. The van der Waals surface area contributed by atoms with Crippen LogP contribution in [0.25, 0.3) is 5.69 Å². The van der Waals surface area contributed by atoms with Gasteiger partial charge in [-0.1, -0.05) is 23.7 Å². The first-order valence-corrected chi connectivity index (χ1v) is 9.73. The van der Waals surface area contributed by atoms with Crippen LogP contribution in [-0.2, 0) is 0 Å². The molecule has 0 saturated heterocycles. The Morgan fingerprint density at radius 3 is 2.73 bits per heavy atom. The molecule has 2 heterocycles. The van der Waals surface area contributed by atoms with Gasteiger partial charge in [-0.2, -0.15) is 0 Å². The highest BCUT2D eigenvalue weighted by Crippen LogP contribution is 2.34. The first-order chi connectivity index (χ1) is 12.6. The smallest absolute Gasteiger partial charge is 0.297 e. The van der Waals surface area contributed by atoms with E-state index in [4.69, 9.17) is 11.6 Å². The predicted octanol–water partition coefficient (Wildman–Crippen LogP) is 4.37. The Hall–Kier alpha value is -2.31. The molecule has 0 unspecified atom stereocenters. The molecule has 0 radical (unpaired) electrons. The minimum absolute atomic E-state index is 0.171. The van der Waals surface area contributed by atoms with Crippen molar-refractivity contribution >= 4 is 35.0 Å². The van der Waals surface area contributed by atoms with Crippen LogP contribution in [0, 0.1) is 6.92 Å². The summed E-state index contributed by atoms with van der Waals surface area (Å²) in [5.74, 6) is 1.69. The van der Waals surface area contributed by atoms with Crippen LogP contribution in [-0.4, -0.2) is 33.0 Å². The van der Waals surface area contributed by atoms with E-state index >= 15 is 0 Å². The van der Waals surface area contributed by atoms with E-state index in [1.54, 1.807) is 33.5 Å². The van der Waals surface area contributed by atoms with Crippen molar-refractivity contribution in [1.29, 1.82) is 0 Å². The highest BCUT2D eigenvalue weighted by Gasteiger charge is 2.26. The fraction of sp³-hybridized carbons (Fsp3) is 0.211. The average molecular weight is 385 g/mol. The molecule has 26 heavy (non-hydrogen) atoms. The summed E-state index contributed by atoms with van der Waals surface area (Å²) < 4.78 is 1.67. The summed E-state index contributed by atoms with van der Waals surface area (Å²) in [6.07, 6.45) is 0.933. The zero-order valence-corrected chi connectivity index (χ0v) is 15.8. The molecule has 4 rings (SSSR count). The monoisotopic (exact) mass is 384 g/mol. The lowest BCUT2D eigenvalue weighted by Crippen LogP contribution is -2.32. The maximum Gasteiger partial charge on any atom is 0.297 e. The van der Waals surface area contributed by atoms with Crippen LogP contribution < -0.4 is 4.90 Å². The molecule has 1 aliphatic rings. The number of anilines is 1. The lowest BCUT2D eigenvalue weighted by molar-refractivity contribution is 0.0977. The molecule has 1 amide bonds. The molecule has 3 aromatic rings. The first-order valence-electron chi connectivity index (χ1n) is 8.37. The maximum absolute atomic E-state index is 13.1. The van der Waals surface area contributed by atoms with Crippen molar-refractivity contribution < 1.29 is 4.79 Å². The number of aryl methyl sites for hydroxylation is 1. The molecule has 1 aromatic heterocycles. The standard InChI is InChI=1S/C19H17ClN4OS/c1-13-21-18(22-24(13)15-9-7-14(20)8-10-15)19(25)23-11-4-12-26-17-6-3-2-5-16(17)23/h2-3,5-10H,4,11-12H2,1H3. The van der Waals surface area contributed by atoms with Crippen molar-refractivity contribution in [3.63, 3.8) is 0 Å². The third-order valence-corrected chi connectivity index (χ3v) is 5.62. The number of thioether (sulfide) groups is 1. The third-order valence-electron chi connectivity index (χ3n) is 4.22. The number of amides is 1. The molecule has 0 spiro atoms. The van der Waals surface area contributed by atoms with Crippen LogP contribution in [0.15, 0.2) is 53.4 Å². The highest BCUT2D eigenvalue weighted by atomic mass is 35.5. The second-order valence-electron chi connectivity index (χ2n) is 6.00. The zero-order chi connectivity index (χ0) is 18.1. The Labute approximate surface area is 161 Å². The van der Waals surface area contributed by atoms with Gasteiger partial charge in [0.05, 0.1) is 11.4 Å². The molecule has 7 heteroatoms. The summed E-state index contributed by atoms with van der Waals surface area (Å²) in [6, 6.07) is 15.3. The molecule has 132 valence electrons. The van der Waals surface area contributed by atoms with E-state index in [2.05, 4.69) is 16.1 Å². The minimum Gasteiger partial charge on any atom is -0.304 e. The van der Waals surface area contributed by atoms with Gasteiger partial charge in [0, 0.05) is 16.5 Å². The molecule has 0 aliphatic carbocycles. The molecule has 1 aliphatic heterocycles. The molecular weight excluding hydrogens is 368 g/mol. The number of rotatable bonds is 2. The molecule has 2 aromatic carbocycles. The summed E-state index contributed by atoms with van der Waals surface area (Å²) in [7, 11) is 0. The van der Waals surface area contributed by atoms with Gasteiger partial charge in [-0.05, 0) is 55.5 Å². The summed E-state index contributed by atoms with van der Waals surface area (Å²) in [5, 5.41) is 5.11. The van der Waals surface area contributed by atoms with E-state index in [0.717, 1.165) is 28.4 Å². The number of para-hydroxylation sites is 1. The summed E-state index contributed by atoms with van der Waals surface area (Å²) in [4.78, 5) is 20.4. The van der Waals surface area contributed by atoms with Crippen molar-refractivity contribution in [3.8, 4) is 5.69 Å². The van der Waals surface area contributed by atoms with Crippen LogP contribution in [0.1, 0.15) is 22.9 Å². The van der Waals surface area contributed by atoms with Gasteiger partial charge in [0.1, 0.15) is 5.82 Å². The fourth-order valence-electron chi connectivity index (χ4n) is 2.97. The van der Waals surface area contributed by atoms with E-state index < -0.39 is 0 Å². The van der Waals surface area contributed by atoms with Crippen LogP contribution in [0.2, 0.25) is 5.02 Å². The number of fused-ring (bicyclic) bond motifs is 1. The number of halogens is 1. The van der Waals surface area contributed by atoms with E-state index in [-0.39, 0.29) is 11.7 Å². The molecular formula is C19H17ClN4OS. The predicted molar refractivity (Wildman–Crippen MR) is 105 cm³/mol. The van der Waals surface area contributed by atoms with Gasteiger partial charge in [0.25, 0.3) is 5.91 Å². The Morgan fingerprint density at radius 1 is 1.15 bits per heavy atom. The lowest BCUT2D eigenvalue weighted by Gasteiger charge is -2.20. The van der Waals surface area contributed by atoms with E-state index in [1.165, 1.54) is 0 Å². The van der Waals surface area contributed by atoms with Crippen LogP contribution >= 0.6 is 23.4 Å². The van der Waals surface area contributed by atoms with Crippen LogP contribution in [0.4, 0.5) is 5.69 Å². The number of hydrogen-bond donors (Lipinski definition) is 0. The van der Waals surface area contributed by atoms with Crippen LogP contribution in [0.5, 0.6) is 0 Å². The van der Waals surface area contributed by atoms with Gasteiger partial charge in [-0.3, -0.25) is 4.79 Å². The summed E-state index contributed by atoms with van der Waals surface area (Å²) >= 11 is 7.73. The number of carbonyl (C=O) groups is 1.